The maximum atomic E-state index is 5.23. The highest BCUT2D eigenvalue weighted by molar-refractivity contribution is 9.10. The predicted molar refractivity (Wildman–Crippen MR) is 75.7 cm³/mol. The molecule has 1 unspecified atom stereocenters. The molecule has 3 nitrogen and oxygen atoms in total. The van der Waals surface area contributed by atoms with Crippen LogP contribution in [0.5, 0.6) is 5.75 Å². The first-order chi connectivity index (χ1) is 8.22. The van der Waals surface area contributed by atoms with Crippen LogP contribution in [0.25, 0.3) is 0 Å². The highest BCUT2D eigenvalue weighted by atomic mass is 79.9. The summed E-state index contributed by atoms with van der Waals surface area (Å²) in [6.07, 6.45) is 2.28. The quantitative estimate of drug-likeness (QED) is 0.760. The van der Waals surface area contributed by atoms with Crippen molar-refractivity contribution in [1.29, 1.82) is 0 Å². The SMILES string of the molecule is CNCCCC(NC)c1ccc(OC)c(Br)c1. The van der Waals surface area contributed by atoms with Crippen molar-refractivity contribution >= 4 is 15.9 Å². The van der Waals surface area contributed by atoms with Crippen LogP contribution in [0.15, 0.2) is 22.7 Å². The fourth-order valence-electron chi connectivity index (χ4n) is 1.86. The average Bonchev–Trinajstić information content (AvgIpc) is 2.35. The van der Waals surface area contributed by atoms with Crippen molar-refractivity contribution in [3.05, 3.63) is 28.2 Å². The Kier molecular flexibility index (Phi) is 6.55. The van der Waals surface area contributed by atoms with Gasteiger partial charge in [-0.1, -0.05) is 6.07 Å². The minimum absolute atomic E-state index is 0.394. The van der Waals surface area contributed by atoms with Gasteiger partial charge in [0.2, 0.25) is 0 Å². The molecule has 0 saturated heterocycles. The molecule has 0 radical (unpaired) electrons. The topological polar surface area (TPSA) is 33.3 Å². The van der Waals surface area contributed by atoms with Crippen molar-refractivity contribution in [3.8, 4) is 5.75 Å². The summed E-state index contributed by atoms with van der Waals surface area (Å²) in [5.74, 6) is 0.874. The Hall–Kier alpha value is -0.580. The second-order valence-electron chi connectivity index (χ2n) is 3.98. The second kappa shape index (κ2) is 7.69. The van der Waals surface area contributed by atoms with Gasteiger partial charge in [0.1, 0.15) is 5.75 Å². The number of nitrogens with one attached hydrogen (secondary N) is 2. The largest absolute Gasteiger partial charge is 0.496 e. The first-order valence-electron chi connectivity index (χ1n) is 5.88. The van der Waals surface area contributed by atoms with Gasteiger partial charge in [-0.3, -0.25) is 0 Å². The summed E-state index contributed by atoms with van der Waals surface area (Å²) in [7, 11) is 5.67. The van der Waals surface area contributed by atoms with Gasteiger partial charge < -0.3 is 15.4 Å². The van der Waals surface area contributed by atoms with E-state index < -0.39 is 0 Å². The van der Waals surface area contributed by atoms with Crippen molar-refractivity contribution in [2.45, 2.75) is 18.9 Å². The van der Waals surface area contributed by atoms with Crippen molar-refractivity contribution in [3.63, 3.8) is 0 Å². The van der Waals surface area contributed by atoms with Crippen LogP contribution < -0.4 is 15.4 Å². The third-order valence-electron chi connectivity index (χ3n) is 2.85. The Balaban J connectivity index is 2.71. The van der Waals surface area contributed by atoms with Crippen LogP contribution in [-0.2, 0) is 0 Å². The maximum absolute atomic E-state index is 5.23. The van der Waals surface area contributed by atoms with Crippen LogP contribution in [0.3, 0.4) is 0 Å². The van der Waals surface area contributed by atoms with E-state index in [4.69, 9.17) is 4.74 Å². The molecule has 4 heteroatoms. The van der Waals surface area contributed by atoms with Gasteiger partial charge in [0.15, 0.2) is 0 Å². The highest BCUT2D eigenvalue weighted by Crippen LogP contribution is 2.29. The molecule has 0 amide bonds. The van der Waals surface area contributed by atoms with Gasteiger partial charge in [0.25, 0.3) is 0 Å². The van der Waals surface area contributed by atoms with E-state index in [9.17, 15) is 0 Å². The molecule has 0 aliphatic heterocycles. The second-order valence-corrected chi connectivity index (χ2v) is 4.84. The van der Waals surface area contributed by atoms with Crippen LogP contribution >= 0.6 is 15.9 Å². The summed E-state index contributed by atoms with van der Waals surface area (Å²) in [5, 5.41) is 6.52. The van der Waals surface area contributed by atoms with Gasteiger partial charge in [-0.15, -0.1) is 0 Å². The molecule has 17 heavy (non-hydrogen) atoms. The van der Waals surface area contributed by atoms with E-state index in [1.54, 1.807) is 7.11 Å². The lowest BCUT2D eigenvalue weighted by Gasteiger charge is -2.17. The van der Waals surface area contributed by atoms with Crippen LogP contribution in [-0.4, -0.2) is 27.7 Å². The molecule has 0 bridgehead atoms. The van der Waals surface area contributed by atoms with E-state index >= 15 is 0 Å². The zero-order valence-electron chi connectivity index (χ0n) is 10.7. The molecule has 0 spiro atoms. The summed E-state index contributed by atoms with van der Waals surface area (Å²) in [5.41, 5.74) is 1.29. The molecule has 0 aromatic heterocycles. The molecule has 1 aromatic carbocycles. The van der Waals surface area contributed by atoms with Crippen molar-refractivity contribution in [2.75, 3.05) is 27.7 Å². The Morgan fingerprint density at radius 1 is 1.35 bits per heavy atom. The van der Waals surface area contributed by atoms with E-state index in [2.05, 4.69) is 38.7 Å². The van der Waals surface area contributed by atoms with Gasteiger partial charge in [-0.2, -0.15) is 0 Å². The lowest BCUT2D eigenvalue weighted by molar-refractivity contribution is 0.411. The molecular formula is C13H21BrN2O. The minimum atomic E-state index is 0.394. The van der Waals surface area contributed by atoms with E-state index in [0.29, 0.717) is 6.04 Å². The normalized spacial score (nSPS) is 12.5. The van der Waals surface area contributed by atoms with Crippen LogP contribution in [0.1, 0.15) is 24.4 Å². The molecule has 1 atom stereocenters. The third-order valence-corrected chi connectivity index (χ3v) is 3.47. The van der Waals surface area contributed by atoms with Gasteiger partial charge in [0, 0.05) is 6.04 Å². The van der Waals surface area contributed by atoms with Gasteiger partial charge in [-0.05, 0) is 67.1 Å². The summed E-state index contributed by atoms with van der Waals surface area (Å²) >= 11 is 3.52. The van der Waals surface area contributed by atoms with Crippen molar-refractivity contribution < 1.29 is 4.74 Å². The molecule has 96 valence electrons. The lowest BCUT2D eigenvalue weighted by atomic mass is 10.0. The van der Waals surface area contributed by atoms with Gasteiger partial charge in [-0.25, -0.2) is 0 Å². The number of benzene rings is 1. The molecule has 0 aliphatic carbocycles. The fourth-order valence-corrected chi connectivity index (χ4v) is 2.42. The van der Waals surface area contributed by atoms with Crippen LogP contribution in [0.2, 0.25) is 0 Å². The van der Waals surface area contributed by atoms with Gasteiger partial charge >= 0.3 is 0 Å². The lowest BCUT2D eigenvalue weighted by Crippen LogP contribution is -2.18. The number of halogens is 1. The average molecular weight is 301 g/mol. The number of rotatable bonds is 7. The molecule has 0 fully saturated rings. The molecule has 1 aromatic rings. The molecule has 2 N–H and O–H groups in total. The highest BCUT2D eigenvalue weighted by Gasteiger charge is 2.10. The van der Waals surface area contributed by atoms with Crippen molar-refractivity contribution in [1.82, 2.24) is 10.6 Å². The zero-order chi connectivity index (χ0) is 12.7. The first kappa shape index (κ1) is 14.5. The summed E-state index contributed by atoms with van der Waals surface area (Å²) in [6, 6.07) is 6.64. The van der Waals surface area contributed by atoms with E-state index in [0.717, 1.165) is 29.6 Å². The molecule has 0 saturated carbocycles. The van der Waals surface area contributed by atoms with Gasteiger partial charge in [0.05, 0.1) is 11.6 Å². The standard InChI is InChI=1S/C13H21BrN2O/c1-15-8-4-5-12(16-2)10-6-7-13(17-3)11(14)9-10/h6-7,9,12,15-16H,4-5,8H2,1-3H3. The smallest absolute Gasteiger partial charge is 0.133 e. The first-order valence-corrected chi connectivity index (χ1v) is 6.67. The van der Waals surface area contributed by atoms with Crippen LogP contribution in [0.4, 0.5) is 0 Å². The monoisotopic (exact) mass is 300 g/mol. The molecular weight excluding hydrogens is 280 g/mol. The minimum Gasteiger partial charge on any atom is -0.496 e. The predicted octanol–water partition coefficient (Wildman–Crippen LogP) is 2.72. The Bertz CT molecular complexity index is 344. The number of hydrogen-bond acceptors (Lipinski definition) is 3. The van der Waals surface area contributed by atoms with E-state index in [1.165, 1.54) is 5.56 Å². The zero-order valence-corrected chi connectivity index (χ0v) is 12.3. The Morgan fingerprint density at radius 2 is 2.12 bits per heavy atom. The molecule has 0 heterocycles. The third kappa shape index (κ3) is 4.30. The Morgan fingerprint density at radius 3 is 2.65 bits per heavy atom. The Labute approximate surface area is 112 Å². The summed E-state index contributed by atoms with van der Waals surface area (Å²) in [4.78, 5) is 0. The van der Waals surface area contributed by atoms with E-state index in [-0.39, 0.29) is 0 Å². The fraction of sp³-hybridized carbons (Fsp3) is 0.538. The number of ether oxygens (including phenoxy) is 1. The van der Waals surface area contributed by atoms with Crippen molar-refractivity contribution in [2.24, 2.45) is 0 Å². The molecule has 0 aliphatic rings. The van der Waals surface area contributed by atoms with E-state index in [1.807, 2.05) is 20.2 Å². The maximum Gasteiger partial charge on any atom is 0.133 e. The number of methoxy groups -OCH3 is 1. The summed E-state index contributed by atoms with van der Waals surface area (Å²) in [6.45, 7) is 1.05. The van der Waals surface area contributed by atoms with Crippen LogP contribution in [0, 0.1) is 0 Å². The summed E-state index contributed by atoms with van der Waals surface area (Å²) < 4.78 is 6.24. The number of hydrogen-bond donors (Lipinski definition) is 2. The molecule has 1 rings (SSSR count).